The number of nitrogens with one attached hydrogen (secondary N) is 1. The summed E-state index contributed by atoms with van der Waals surface area (Å²) in [7, 11) is 0. The van der Waals surface area contributed by atoms with Gasteiger partial charge in [-0.2, -0.15) is 4.68 Å². The van der Waals surface area contributed by atoms with Gasteiger partial charge in [-0.1, -0.05) is 70.8 Å². The molecule has 0 aliphatic carbocycles. The molecule has 0 bridgehead atoms. The highest BCUT2D eigenvalue weighted by Gasteiger charge is 2.59. The molecule has 0 saturated carbocycles. The van der Waals surface area contributed by atoms with Gasteiger partial charge in [0.15, 0.2) is 0 Å². The molecule has 38 heavy (non-hydrogen) atoms. The second-order valence-corrected chi connectivity index (χ2v) is 10.4. The Morgan fingerprint density at radius 3 is 2.74 bits per heavy atom. The first-order valence-electron chi connectivity index (χ1n) is 12.1. The molecule has 2 N–H and O–H groups in total. The minimum absolute atomic E-state index is 0.0306. The number of likely N-dealkylation sites (tertiary alicyclic amines) is 1. The highest BCUT2D eigenvalue weighted by molar-refractivity contribution is 6.43. The lowest BCUT2D eigenvalue weighted by molar-refractivity contribution is 0.144. The first-order chi connectivity index (χ1) is 18.4. The van der Waals surface area contributed by atoms with Gasteiger partial charge in [0, 0.05) is 43.4 Å². The number of carbonyl (C=O) groups is 1. The predicted octanol–water partition coefficient (Wildman–Crippen LogP) is 4.39. The lowest BCUT2D eigenvalue weighted by Crippen LogP contribution is -2.65. The van der Waals surface area contributed by atoms with Crippen molar-refractivity contribution in [2.24, 2.45) is 5.41 Å². The van der Waals surface area contributed by atoms with Gasteiger partial charge in [0.25, 0.3) is 0 Å². The number of halogens is 2. The minimum atomic E-state index is -0.888. The summed E-state index contributed by atoms with van der Waals surface area (Å²) in [4.78, 5) is 20.3. The van der Waals surface area contributed by atoms with Crippen molar-refractivity contribution in [2.45, 2.75) is 19.0 Å². The quantitative estimate of drug-likeness (QED) is 0.348. The van der Waals surface area contributed by atoms with Gasteiger partial charge in [0.2, 0.25) is 5.95 Å². The Morgan fingerprint density at radius 2 is 1.92 bits per heavy atom. The van der Waals surface area contributed by atoms with Crippen LogP contribution in [0.3, 0.4) is 0 Å². The maximum Gasteiger partial charge on any atom is 0.407 e. The number of tetrazole rings is 1. The average molecular weight is 551 g/mol. The van der Waals surface area contributed by atoms with E-state index in [1.54, 1.807) is 24.4 Å². The molecular weight excluding hydrogens is 527 g/mol. The van der Waals surface area contributed by atoms with Crippen LogP contribution >= 0.6 is 23.2 Å². The zero-order valence-electron chi connectivity index (χ0n) is 20.2. The molecule has 1 amide bonds. The fourth-order valence-electron chi connectivity index (χ4n) is 5.59. The van der Waals surface area contributed by atoms with Gasteiger partial charge >= 0.3 is 6.09 Å². The molecule has 0 spiro atoms. The molecule has 6 rings (SSSR count). The highest BCUT2D eigenvalue weighted by Crippen LogP contribution is 2.48. The lowest BCUT2D eigenvalue weighted by Gasteiger charge is -2.54. The zero-order chi connectivity index (χ0) is 26.3. The number of amides is 1. The van der Waals surface area contributed by atoms with E-state index in [0.717, 1.165) is 24.3 Å². The smallest absolute Gasteiger partial charge is 0.407 e. The summed E-state index contributed by atoms with van der Waals surface area (Å²) in [5.74, 6) is 1.23. The van der Waals surface area contributed by atoms with E-state index < -0.39 is 6.09 Å². The van der Waals surface area contributed by atoms with Crippen molar-refractivity contribution < 1.29 is 9.90 Å². The number of nitrogens with zero attached hydrogens (tertiary/aromatic N) is 7. The summed E-state index contributed by atoms with van der Waals surface area (Å²) >= 11 is 12.6. The van der Waals surface area contributed by atoms with E-state index in [4.69, 9.17) is 28.2 Å². The summed E-state index contributed by atoms with van der Waals surface area (Å²) in [6.45, 7) is 2.07. The molecule has 194 valence electrons. The van der Waals surface area contributed by atoms with Crippen LogP contribution in [0.25, 0.3) is 5.69 Å². The van der Waals surface area contributed by atoms with Crippen molar-refractivity contribution >= 4 is 41.1 Å². The monoisotopic (exact) mass is 550 g/mol. The van der Waals surface area contributed by atoms with Crippen molar-refractivity contribution in [2.75, 3.05) is 29.9 Å². The number of rotatable bonds is 7. The fourth-order valence-corrected chi connectivity index (χ4v) is 5.97. The van der Waals surface area contributed by atoms with Crippen molar-refractivity contribution in [3.05, 3.63) is 88.0 Å². The van der Waals surface area contributed by atoms with Gasteiger partial charge in [-0.15, -0.1) is 0 Å². The van der Waals surface area contributed by atoms with Crippen molar-refractivity contribution in [3.8, 4) is 5.69 Å². The molecular formula is C26H24Cl2N8O2. The molecule has 2 aliphatic heterocycles. The number of fused-ring (bicyclic) bond motifs is 1. The van der Waals surface area contributed by atoms with Crippen LogP contribution in [0.4, 0.5) is 16.6 Å². The second kappa shape index (κ2) is 9.77. The fraction of sp³-hybridized carbons (Fsp3) is 0.269. The molecule has 2 aromatic heterocycles. The van der Waals surface area contributed by atoms with Gasteiger partial charge in [0.1, 0.15) is 5.82 Å². The highest BCUT2D eigenvalue weighted by atomic mass is 35.5. The van der Waals surface area contributed by atoms with E-state index in [1.807, 2.05) is 30.3 Å². The first-order valence-corrected chi connectivity index (χ1v) is 12.9. The molecule has 2 saturated heterocycles. The van der Waals surface area contributed by atoms with Crippen LogP contribution < -0.4 is 10.2 Å². The number of anilines is 2. The average Bonchev–Trinajstić information content (AvgIpc) is 3.49. The summed E-state index contributed by atoms with van der Waals surface area (Å²) < 4.78 is 1.50. The molecule has 2 atom stereocenters. The van der Waals surface area contributed by atoms with E-state index >= 15 is 0 Å². The molecule has 10 nitrogen and oxygen atoms in total. The first kappa shape index (κ1) is 24.4. The normalized spacial score (nSPS) is 20.2. The number of aromatic nitrogens is 5. The van der Waals surface area contributed by atoms with Crippen LogP contribution in [0.1, 0.15) is 11.1 Å². The summed E-state index contributed by atoms with van der Waals surface area (Å²) in [6.07, 6.45) is 1.69. The Hall–Kier alpha value is -3.89. The molecule has 2 aliphatic rings. The molecule has 0 radical (unpaired) electrons. The van der Waals surface area contributed by atoms with E-state index in [1.165, 1.54) is 15.1 Å². The topological polar surface area (TPSA) is 112 Å². The third kappa shape index (κ3) is 4.29. The van der Waals surface area contributed by atoms with Gasteiger partial charge < -0.3 is 20.2 Å². The molecule has 2 fully saturated rings. The molecule has 4 aromatic rings. The number of hydrogen-bond donors (Lipinski definition) is 2. The summed E-state index contributed by atoms with van der Waals surface area (Å²) in [5, 5.41) is 25.8. The maximum atomic E-state index is 11.9. The Balaban J connectivity index is 1.24. The largest absolute Gasteiger partial charge is 0.465 e. The molecule has 4 heterocycles. The summed E-state index contributed by atoms with van der Waals surface area (Å²) in [5.41, 5.74) is 2.56. The van der Waals surface area contributed by atoms with Gasteiger partial charge in [-0.3, -0.25) is 0 Å². The molecule has 2 aromatic carbocycles. The second-order valence-electron chi connectivity index (χ2n) is 9.66. The Kier molecular flexibility index (Phi) is 6.29. The SMILES string of the molecule is O=C(O)N1C[C@@H]2N(c3ncccc3CNc3nnnn3-c3cccc(Cl)c3Cl)C[C@]2(Cc2ccccc2)C1. The van der Waals surface area contributed by atoms with Crippen molar-refractivity contribution in [1.29, 1.82) is 0 Å². The Morgan fingerprint density at radius 1 is 1.08 bits per heavy atom. The van der Waals surface area contributed by atoms with Crippen LogP contribution in [0.15, 0.2) is 66.9 Å². The minimum Gasteiger partial charge on any atom is -0.465 e. The van der Waals surface area contributed by atoms with Gasteiger partial charge in [-0.25, -0.2) is 9.78 Å². The van der Waals surface area contributed by atoms with E-state index in [-0.39, 0.29) is 11.5 Å². The number of carboxylic acid groups (broad SMARTS) is 1. The molecule has 12 heteroatoms. The van der Waals surface area contributed by atoms with Crippen LogP contribution in [0.5, 0.6) is 0 Å². The Bertz CT molecular complexity index is 1480. The standard InChI is InChI=1S/C26H24Cl2N8O2/c27-19-9-4-10-20(22(19)28)36-24(31-32-33-36)30-13-18-8-5-11-29-23(18)35-16-26(12-17-6-2-1-3-7-17)15-34(25(37)38)14-21(26)35/h1-11,21H,12-16H2,(H,37,38)(H,30,31,33)/t21-,26-/m0/s1. The predicted molar refractivity (Wildman–Crippen MR) is 144 cm³/mol. The van der Waals surface area contributed by atoms with E-state index in [2.05, 4.69) is 37.9 Å². The third-order valence-corrected chi connectivity index (χ3v) is 8.15. The third-order valence-electron chi connectivity index (χ3n) is 7.34. The van der Waals surface area contributed by atoms with Crippen molar-refractivity contribution in [3.63, 3.8) is 0 Å². The van der Waals surface area contributed by atoms with Crippen LogP contribution in [0.2, 0.25) is 10.0 Å². The summed E-state index contributed by atoms with van der Waals surface area (Å²) in [6, 6.07) is 19.4. The van der Waals surface area contributed by atoms with Crippen molar-refractivity contribution in [1.82, 2.24) is 30.1 Å². The lowest BCUT2D eigenvalue weighted by atomic mass is 9.69. The van der Waals surface area contributed by atoms with Crippen LogP contribution in [-0.2, 0) is 13.0 Å². The van der Waals surface area contributed by atoms with Crippen LogP contribution in [-0.4, -0.2) is 67.0 Å². The Labute approximate surface area is 228 Å². The van der Waals surface area contributed by atoms with Gasteiger partial charge in [-0.05, 0) is 40.6 Å². The maximum absolute atomic E-state index is 11.9. The number of benzene rings is 2. The van der Waals surface area contributed by atoms with Gasteiger partial charge in [0.05, 0.1) is 21.8 Å². The van der Waals surface area contributed by atoms with E-state index in [9.17, 15) is 9.90 Å². The molecule has 0 unspecified atom stereocenters. The number of pyridine rings is 1. The van der Waals surface area contributed by atoms with Crippen LogP contribution in [0, 0.1) is 5.41 Å². The zero-order valence-corrected chi connectivity index (χ0v) is 21.7. The van der Waals surface area contributed by atoms with E-state index in [0.29, 0.717) is 41.3 Å². The number of hydrogen-bond acceptors (Lipinski definition) is 7.